The quantitative estimate of drug-likeness (QED) is 0.478. The maximum atomic E-state index is 5.64. The van der Waals surface area contributed by atoms with Crippen LogP contribution in [-0.2, 0) is 9.47 Å². The van der Waals surface area contributed by atoms with Gasteiger partial charge in [-0.05, 0) is 12.8 Å². The zero-order valence-corrected chi connectivity index (χ0v) is 8.52. The molecule has 0 aromatic carbocycles. The first-order chi connectivity index (χ1) is 6.88. The van der Waals surface area contributed by atoms with E-state index >= 15 is 0 Å². The maximum Gasteiger partial charge on any atom is 0.0929 e. The molecule has 0 unspecified atom stereocenters. The predicted octanol–water partition coefficient (Wildman–Crippen LogP) is 2.68. The lowest BCUT2D eigenvalue weighted by Gasteiger charge is -2.26. The molecular weight excluding hydrogens is 176 g/mol. The third-order valence-corrected chi connectivity index (χ3v) is 2.36. The Hall–Kier alpha value is -1.02. The van der Waals surface area contributed by atoms with Gasteiger partial charge in [-0.15, -0.1) is 6.58 Å². The van der Waals surface area contributed by atoms with E-state index in [9.17, 15) is 0 Å². The number of hydrogen-bond donors (Lipinski definition) is 0. The van der Waals surface area contributed by atoms with Gasteiger partial charge in [0, 0.05) is 5.92 Å². The molecule has 0 saturated carbocycles. The number of ether oxygens (including phenoxy) is 2. The third-order valence-electron chi connectivity index (χ3n) is 2.36. The molecule has 2 nitrogen and oxygen atoms in total. The zero-order chi connectivity index (χ0) is 10.2. The molecule has 0 amide bonds. The standard InChI is InChI=1S/C12H18O2/c1-3-7-11(10-13-4-2)12-8-5-6-9-14-12/h3-6,11-12H,1-2,7-10H2/t11-,12+/m0/s1. The average Bonchev–Trinajstić information content (AvgIpc) is 2.25. The molecule has 0 bridgehead atoms. The van der Waals surface area contributed by atoms with Crippen LogP contribution in [0.3, 0.4) is 0 Å². The second-order valence-corrected chi connectivity index (χ2v) is 3.36. The van der Waals surface area contributed by atoms with Crippen molar-refractivity contribution in [3.63, 3.8) is 0 Å². The summed E-state index contributed by atoms with van der Waals surface area (Å²) in [5, 5.41) is 0. The van der Waals surface area contributed by atoms with E-state index in [0.717, 1.165) is 12.8 Å². The Morgan fingerprint density at radius 1 is 1.50 bits per heavy atom. The van der Waals surface area contributed by atoms with Crippen molar-refractivity contribution in [3.8, 4) is 0 Å². The van der Waals surface area contributed by atoms with Crippen LogP contribution in [-0.4, -0.2) is 19.3 Å². The lowest BCUT2D eigenvalue weighted by Crippen LogP contribution is -2.28. The Morgan fingerprint density at radius 2 is 2.36 bits per heavy atom. The largest absolute Gasteiger partial charge is 0.501 e. The molecule has 14 heavy (non-hydrogen) atoms. The number of allylic oxidation sites excluding steroid dienone is 1. The molecule has 1 aliphatic heterocycles. The van der Waals surface area contributed by atoms with E-state index in [1.54, 1.807) is 0 Å². The van der Waals surface area contributed by atoms with Gasteiger partial charge in [-0.25, -0.2) is 0 Å². The van der Waals surface area contributed by atoms with Crippen molar-refractivity contribution in [1.29, 1.82) is 0 Å². The van der Waals surface area contributed by atoms with Gasteiger partial charge in [-0.2, -0.15) is 0 Å². The summed E-state index contributed by atoms with van der Waals surface area (Å²) < 4.78 is 10.9. The fraction of sp³-hybridized carbons (Fsp3) is 0.500. The highest BCUT2D eigenvalue weighted by molar-refractivity contribution is 4.92. The first-order valence-electron chi connectivity index (χ1n) is 4.98. The molecule has 0 saturated heterocycles. The Kier molecular flexibility index (Phi) is 5.08. The van der Waals surface area contributed by atoms with Gasteiger partial charge >= 0.3 is 0 Å². The molecule has 0 aromatic rings. The molecule has 0 spiro atoms. The maximum absolute atomic E-state index is 5.64. The molecule has 0 aliphatic carbocycles. The van der Waals surface area contributed by atoms with Crippen molar-refractivity contribution < 1.29 is 9.47 Å². The van der Waals surface area contributed by atoms with Crippen LogP contribution in [0.4, 0.5) is 0 Å². The molecule has 2 heteroatoms. The van der Waals surface area contributed by atoms with Gasteiger partial charge in [0.15, 0.2) is 0 Å². The average molecular weight is 194 g/mol. The van der Waals surface area contributed by atoms with E-state index in [1.807, 2.05) is 6.08 Å². The van der Waals surface area contributed by atoms with Crippen LogP contribution in [0, 0.1) is 5.92 Å². The molecule has 0 fully saturated rings. The van der Waals surface area contributed by atoms with Gasteiger partial charge < -0.3 is 9.47 Å². The Bertz CT molecular complexity index is 208. The summed E-state index contributed by atoms with van der Waals surface area (Å²) >= 11 is 0. The summed E-state index contributed by atoms with van der Waals surface area (Å²) in [5.74, 6) is 0.385. The number of hydrogen-bond acceptors (Lipinski definition) is 2. The summed E-state index contributed by atoms with van der Waals surface area (Å²) in [5.41, 5.74) is 0. The van der Waals surface area contributed by atoms with Crippen molar-refractivity contribution in [2.45, 2.75) is 18.9 Å². The van der Waals surface area contributed by atoms with Crippen molar-refractivity contribution in [2.24, 2.45) is 5.92 Å². The summed E-state index contributed by atoms with van der Waals surface area (Å²) in [7, 11) is 0. The lowest BCUT2D eigenvalue weighted by molar-refractivity contribution is 0.00166. The topological polar surface area (TPSA) is 18.5 Å². The number of rotatable bonds is 6. The fourth-order valence-electron chi connectivity index (χ4n) is 1.61. The molecule has 1 heterocycles. The van der Waals surface area contributed by atoms with Crippen LogP contribution >= 0.6 is 0 Å². The molecule has 2 atom stereocenters. The highest BCUT2D eigenvalue weighted by Gasteiger charge is 2.21. The van der Waals surface area contributed by atoms with Crippen LogP contribution in [0.5, 0.6) is 0 Å². The Labute approximate surface area is 85.9 Å². The Morgan fingerprint density at radius 3 is 2.93 bits per heavy atom. The fourth-order valence-corrected chi connectivity index (χ4v) is 1.61. The molecule has 1 rings (SSSR count). The van der Waals surface area contributed by atoms with Gasteiger partial charge in [0.1, 0.15) is 0 Å². The second-order valence-electron chi connectivity index (χ2n) is 3.36. The van der Waals surface area contributed by atoms with E-state index < -0.39 is 0 Å². The predicted molar refractivity (Wildman–Crippen MR) is 58.0 cm³/mol. The van der Waals surface area contributed by atoms with Crippen LogP contribution in [0.15, 0.2) is 37.6 Å². The van der Waals surface area contributed by atoms with Crippen LogP contribution in [0.2, 0.25) is 0 Å². The van der Waals surface area contributed by atoms with Crippen molar-refractivity contribution in [2.75, 3.05) is 13.2 Å². The monoisotopic (exact) mass is 194 g/mol. The highest BCUT2D eigenvalue weighted by Crippen LogP contribution is 2.20. The summed E-state index contributed by atoms with van der Waals surface area (Å²) in [6.07, 6.45) is 9.77. The minimum Gasteiger partial charge on any atom is -0.501 e. The third kappa shape index (κ3) is 3.38. The van der Waals surface area contributed by atoms with Crippen LogP contribution in [0.25, 0.3) is 0 Å². The molecule has 1 aliphatic rings. The first-order valence-corrected chi connectivity index (χ1v) is 4.98. The van der Waals surface area contributed by atoms with Crippen molar-refractivity contribution in [3.05, 3.63) is 37.6 Å². The smallest absolute Gasteiger partial charge is 0.0929 e. The van der Waals surface area contributed by atoms with E-state index in [2.05, 4.69) is 25.3 Å². The minimum absolute atomic E-state index is 0.262. The lowest BCUT2D eigenvalue weighted by atomic mass is 9.96. The van der Waals surface area contributed by atoms with Crippen molar-refractivity contribution in [1.82, 2.24) is 0 Å². The minimum atomic E-state index is 0.262. The molecule has 0 N–H and O–H groups in total. The molecular formula is C12H18O2. The van der Waals surface area contributed by atoms with Gasteiger partial charge in [0.2, 0.25) is 0 Å². The zero-order valence-electron chi connectivity index (χ0n) is 8.52. The SMILES string of the molecule is C=CC[C@@H](COC=C)[C@H]1CC=CCO1. The van der Waals surface area contributed by atoms with Crippen molar-refractivity contribution >= 4 is 0 Å². The summed E-state index contributed by atoms with van der Waals surface area (Å²) in [6, 6.07) is 0. The van der Waals surface area contributed by atoms with Gasteiger partial charge in [-0.1, -0.05) is 24.8 Å². The van der Waals surface area contributed by atoms with E-state index in [-0.39, 0.29) is 6.10 Å². The van der Waals surface area contributed by atoms with Crippen LogP contribution in [0.1, 0.15) is 12.8 Å². The summed E-state index contributed by atoms with van der Waals surface area (Å²) in [6.45, 7) is 8.66. The molecule has 78 valence electrons. The van der Waals surface area contributed by atoms with E-state index in [4.69, 9.17) is 9.47 Å². The second kappa shape index (κ2) is 6.44. The Balaban J connectivity index is 2.42. The van der Waals surface area contributed by atoms with Gasteiger partial charge in [-0.3, -0.25) is 0 Å². The first kappa shape index (κ1) is 11.1. The van der Waals surface area contributed by atoms with Gasteiger partial charge in [0.05, 0.1) is 25.6 Å². The molecule has 0 radical (unpaired) electrons. The highest BCUT2D eigenvalue weighted by atomic mass is 16.5. The van der Waals surface area contributed by atoms with Crippen LogP contribution < -0.4 is 0 Å². The van der Waals surface area contributed by atoms with E-state index in [1.165, 1.54) is 6.26 Å². The molecule has 0 aromatic heterocycles. The van der Waals surface area contributed by atoms with E-state index in [0.29, 0.717) is 19.1 Å². The summed E-state index contributed by atoms with van der Waals surface area (Å²) in [4.78, 5) is 0. The van der Waals surface area contributed by atoms with Gasteiger partial charge in [0.25, 0.3) is 0 Å². The normalized spacial score (nSPS) is 22.7.